The molecule has 10 nitrogen and oxygen atoms in total. The first kappa shape index (κ1) is 26.3. The number of carboxylic acid groups (broad SMARTS) is 1. The lowest BCUT2D eigenvalue weighted by Crippen LogP contribution is -2.37. The molecule has 2 atom stereocenters. The molecule has 7 rings (SSSR count). The molecule has 4 heterocycles. The number of aliphatic carboxylic acids is 1. The van der Waals surface area contributed by atoms with Crippen LogP contribution in [0.1, 0.15) is 58.6 Å². The van der Waals surface area contributed by atoms with Gasteiger partial charge in [0.05, 0.1) is 18.5 Å². The Balaban J connectivity index is 1.47. The Kier molecular flexibility index (Phi) is 6.71. The molecule has 0 saturated heterocycles. The smallest absolute Gasteiger partial charge is 0.385 e. The second-order valence-electron chi connectivity index (χ2n) is 10.5. The molecule has 40 heavy (non-hydrogen) atoms. The molecule has 0 fully saturated rings. The van der Waals surface area contributed by atoms with Crippen LogP contribution in [0.25, 0.3) is 11.0 Å². The van der Waals surface area contributed by atoms with Gasteiger partial charge in [-0.1, -0.05) is 35.0 Å². The van der Waals surface area contributed by atoms with E-state index < -0.39 is 22.2 Å². The maximum absolute atomic E-state index is 13.0. The molecule has 3 aliphatic rings. The predicted molar refractivity (Wildman–Crippen MR) is 148 cm³/mol. The molecule has 0 aliphatic carbocycles. The van der Waals surface area contributed by atoms with Crippen molar-refractivity contribution in [3.8, 4) is 11.5 Å². The number of aromatic nitrogens is 3. The van der Waals surface area contributed by atoms with Crippen molar-refractivity contribution in [1.29, 1.82) is 0 Å². The van der Waals surface area contributed by atoms with Gasteiger partial charge < -0.3 is 14.0 Å². The van der Waals surface area contributed by atoms with Gasteiger partial charge in [0.25, 0.3) is 0 Å². The number of fused-ring (bicyclic) bond motifs is 5. The standard InChI is InChI=1S/C29H30N4O6S/c1-18-11-20-13-21(12-18)25(15-28(34)35)24-6-7-26-29(19(24)2)30-31-33(26)9-3-4-10-38-23-5-8-27-22(14-23)17-32(16-20)40(36,37)39-27/h5-8,11-14,25H,3-4,9-10,15-17H2,1-2H3,(H,34,35). The molecule has 0 saturated carbocycles. The average Bonchev–Trinajstić information content (AvgIpc) is 3.31. The molecule has 9 bridgehead atoms. The summed E-state index contributed by atoms with van der Waals surface area (Å²) in [4.78, 5) is 12.0. The van der Waals surface area contributed by atoms with Gasteiger partial charge in [-0.25, -0.2) is 4.68 Å². The van der Waals surface area contributed by atoms with E-state index >= 15 is 0 Å². The summed E-state index contributed by atoms with van der Waals surface area (Å²) in [5.41, 5.74) is 6.56. The van der Waals surface area contributed by atoms with E-state index in [0.717, 1.165) is 57.3 Å². The first-order chi connectivity index (χ1) is 19.2. The van der Waals surface area contributed by atoms with Crippen LogP contribution in [-0.4, -0.2) is 45.4 Å². The van der Waals surface area contributed by atoms with Gasteiger partial charge >= 0.3 is 16.3 Å². The zero-order valence-electron chi connectivity index (χ0n) is 22.3. The van der Waals surface area contributed by atoms with Crippen LogP contribution in [0.5, 0.6) is 11.5 Å². The number of aryl methyl sites for hydroxylation is 3. The molecule has 1 N–H and O–H groups in total. The molecule has 0 amide bonds. The average molecular weight is 563 g/mol. The number of carbonyl (C=O) groups is 1. The topological polar surface area (TPSA) is 124 Å². The first-order valence-corrected chi connectivity index (χ1v) is 14.6. The summed E-state index contributed by atoms with van der Waals surface area (Å²) in [6.45, 7) is 5.26. The van der Waals surface area contributed by atoms with E-state index in [1.165, 1.54) is 4.31 Å². The summed E-state index contributed by atoms with van der Waals surface area (Å²) in [6.07, 6.45) is 1.50. The maximum atomic E-state index is 13.0. The van der Waals surface area contributed by atoms with E-state index in [1.54, 1.807) is 12.1 Å². The number of nitrogens with zero attached hydrogens (tertiary/aromatic N) is 4. The van der Waals surface area contributed by atoms with Crippen molar-refractivity contribution >= 4 is 27.3 Å². The SMILES string of the molecule is Cc1cc2cc(c1)C(CC(=O)O)c1ccc3c(nnn3CCCCOc3ccc4c(c3)CN(C2)S(=O)(=O)O4)c1C. The van der Waals surface area contributed by atoms with Crippen LogP contribution in [0.4, 0.5) is 0 Å². The van der Waals surface area contributed by atoms with Gasteiger partial charge in [0.15, 0.2) is 0 Å². The third kappa shape index (κ3) is 5.02. The van der Waals surface area contributed by atoms with Crippen LogP contribution in [0.3, 0.4) is 0 Å². The predicted octanol–water partition coefficient (Wildman–Crippen LogP) is 4.47. The molecule has 3 aliphatic heterocycles. The van der Waals surface area contributed by atoms with Crippen molar-refractivity contribution < 1.29 is 27.2 Å². The number of hydrogen-bond donors (Lipinski definition) is 1. The van der Waals surface area contributed by atoms with Crippen molar-refractivity contribution in [2.45, 2.75) is 58.7 Å². The lowest BCUT2D eigenvalue weighted by atomic mass is 9.84. The van der Waals surface area contributed by atoms with Crippen LogP contribution < -0.4 is 8.92 Å². The molecule has 4 aromatic rings. The van der Waals surface area contributed by atoms with E-state index in [1.807, 2.05) is 54.9 Å². The third-order valence-corrected chi connectivity index (χ3v) is 8.86. The zero-order valence-corrected chi connectivity index (χ0v) is 23.1. The third-order valence-electron chi connectivity index (χ3n) is 7.58. The minimum atomic E-state index is -4.02. The normalized spacial score (nSPS) is 20.2. The van der Waals surface area contributed by atoms with Gasteiger partial charge in [-0.2, -0.15) is 12.7 Å². The second-order valence-corrected chi connectivity index (χ2v) is 12.0. The Morgan fingerprint density at radius 3 is 2.75 bits per heavy atom. The van der Waals surface area contributed by atoms with Gasteiger partial charge in [-0.3, -0.25) is 4.79 Å². The van der Waals surface area contributed by atoms with Crippen molar-refractivity contribution in [3.05, 3.63) is 81.9 Å². The fourth-order valence-electron chi connectivity index (χ4n) is 5.67. The van der Waals surface area contributed by atoms with Crippen molar-refractivity contribution in [3.63, 3.8) is 0 Å². The summed E-state index contributed by atoms with van der Waals surface area (Å²) in [7, 11) is -4.02. The van der Waals surface area contributed by atoms with Gasteiger partial charge in [-0.15, -0.1) is 5.10 Å². The van der Waals surface area contributed by atoms with Gasteiger partial charge in [0.1, 0.15) is 17.0 Å². The first-order valence-electron chi connectivity index (χ1n) is 13.3. The number of hydrogen-bond acceptors (Lipinski definition) is 7. The highest BCUT2D eigenvalue weighted by molar-refractivity contribution is 7.84. The molecule has 0 radical (unpaired) electrons. The largest absolute Gasteiger partial charge is 0.494 e. The molecule has 3 aromatic carbocycles. The molecule has 2 unspecified atom stereocenters. The van der Waals surface area contributed by atoms with Crippen LogP contribution in [0.2, 0.25) is 0 Å². The summed E-state index contributed by atoms with van der Waals surface area (Å²) in [6, 6.07) is 14.9. The number of rotatable bonds is 2. The quantitative estimate of drug-likeness (QED) is 0.380. The number of carboxylic acids is 1. The van der Waals surface area contributed by atoms with Crippen LogP contribution >= 0.6 is 0 Å². The Morgan fingerprint density at radius 2 is 1.93 bits per heavy atom. The van der Waals surface area contributed by atoms with Gasteiger partial charge in [0, 0.05) is 31.1 Å². The van der Waals surface area contributed by atoms with Crippen LogP contribution in [0.15, 0.2) is 48.5 Å². The fraction of sp³-hybridized carbons (Fsp3) is 0.345. The fourth-order valence-corrected chi connectivity index (χ4v) is 6.77. The molecule has 208 valence electrons. The van der Waals surface area contributed by atoms with Crippen molar-refractivity contribution in [2.24, 2.45) is 0 Å². The van der Waals surface area contributed by atoms with E-state index in [0.29, 0.717) is 24.7 Å². The highest BCUT2D eigenvalue weighted by atomic mass is 32.2. The van der Waals surface area contributed by atoms with E-state index in [4.69, 9.17) is 8.92 Å². The molecule has 11 heteroatoms. The number of ether oxygens (including phenoxy) is 1. The highest BCUT2D eigenvalue weighted by Crippen LogP contribution is 2.36. The monoisotopic (exact) mass is 562 g/mol. The maximum Gasteiger partial charge on any atom is 0.385 e. The molecular formula is C29H30N4O6S. The summed E-state index contributed by atoms with van der Waals surface area (Å²) >= 11 is 0. The molecule has 0 spiro atoms. The Bertz CT molecular complexity index is 1730. The van der Waals surface area contributed by atoms with Crippen molar-refractivity contribution in [1.82, 2.24) is 19.3 Å². The number of benzene rings is 3. The Labute approximate surface area is 232 Å². The molecule has 1 aromatic heterocycles. The van der Waals surface area contributed by atoms with E-state index in [2.05, 4.69) is 10.3 Å². The minimum absolute atomic E-state index is 0.0771. The van der Waals surface area contributed by atoms with Gasteiger partial charge in [-0.05, 0) is 73.2 Å². The van der Waals surface area contributed by atoms with Crippen LogP contribution in [-0.2, 0) is 34.7 Å². The Hall–Kier alpha value is -3.96. The summed E-state index contributed by atoms with van der Waals surface area (Å²) < 4.78 is 40.7. The zero-order chi connectivity index (χ0) is 28.0. The second kappa shape index (κ2) is 10.2. The summed E-state index contributed by atoms with van der Waals surface area (Å²) in [5, 5.41) is 18.7. The lowest BCUT2D eigenvalue weighted by molar-refractivity contribution is -0.137. The van der Waals surface area contributed by atoms with Crippen LogP contribution in [0, 0.1) is 13.8 Å². The van der Waals surface area contributed by atoms with E-state index in [9.17, 15) is 18.3 Å². The summed E-state index contributed by atoms with van der Waals surface area (Å²) in [5.74, 6) is -0.427. The van der Waals surface area contributed by atoms with E-state index in [-0.39, 0.29) is 19.5 Å². The minimum Gasteiger partial charge on any atom is -0.494 e. The Morgan fingerprint density at radius 1 is 1.07 bits per heavy atom. The molecular weight excluding hydrogens is 532 g/mol. The highest BCUT2D eigenvalue weighted by Gasteiger charge is 2.32. The van der Waals surface area contributed by atoms with Gasteiger partial charge in [0.2, 0.25) is 0 Å². The lowest BCUT2D eigenvalue weighted by Gasteiger charge is -2.28. The van der Waals surface area contributed by atoms with Crippen molar-refractivity contribution in [2.75, 3.05) is 6.61 Å².